The number of nitrogens with zero attached hydrogens (tertiary/aromatic N) is 3. The number of hydrogen-bond donors (Lipinski definition) is 3. The van der Waals surface area contributed by atoms with Crippen molar-refractivity contribution >= 4 is 34.2 Å². The first kappa shape index (κ1) is 28.7. The van der Waals surface area contributed by atoms with Gasteiger partial charge in [0.25, 0.3) is 11.6 Å². The second-order valence-corrected chi connectivity index (χ2v) is 8.96. The maximum atomic E-state index is 13.1. The summed E-state index contributed by atoms with van der Waals surface area (Å²) in [5.41, 5.74) is 1.53. The highest BCUT2D eigenvalue weighted by molar-refractivity contribution is 5.95. The molecule has 40 heavy (non-hydrogen) atoms. The molecule has 0 aliphatic carbocycles. The Morgan fingerprint density at radius 3 is 2.75 bits per heavy atom. The Bertz CT molecular complexity index is 1370. The molecule has 212 valence electrons. The second-order valence-electron chi connectivity index (χ2n) is 8.96. The van der Waals surface area contributed by atoms with Gasteiger partial charge in [-0.1, -0.05) is 18.2 Å². The van der Waals surface area contributed by atoms with Crippen LogP contribution in [0.4, 0.5) is 11.5 Å². The number of aliphatic hydroxyl groups excluding tert-OH is 1. The molecule has 2 atom stereocenters. The van der Waals surface area contributed by atoms with Gasteiger partial charge < -0.3 is 30.0 Å². The van der Waals surface area contributed by atoms with Crippen LogP contribution in [0.2, 0.25) is 0 Å². The predicted molar refractivity (Wildman–Crippen MR) is 145 cm³/mol. The van der Waals surface area contributed by atoms with Gasteiger partial charge >= 0.3 is 0 Å². The lowest BCUT2D eigenvalue weighted by molar-refractivity contribution is -0.385. The van der Waals surface area contributed by atoms with Crippen LogP contribution in [0, 0.1) is 10.1 Å². The van der Waals surface area contributed by atoms with Gasteiger partial charge in [0.2, 0.25) is 12.2 Å². The van der Waals surface area contributed by atoms with Crippen molar-refractivity contribution in [2.24, 2.45) is 0 Å². The number of carbonyl (C=O) groups excluding carboxylic acids is 2. The molecule has 0 unspecified atom stereocenters. The molecule has 1 amide bonds. The maximum Gasteiger partial charge on any atom is 0.287 e. The molecule has 13 heteroatoms. The molecule has 2 aromatic heterocycles. The summed E-state index contributed by atoms with van der Waals surface area (Å²) < 4.78 is 18.6. The minimum absolute atomic E-state index is 0.0886. The van der Waals surface area contributed by atoms with Gasteiger partial charge in [-0.2, -0.15) is 0 Å². The highest BCUT2D eigenvalue weighted by Crippen LogP contribution is 2.36. The molecule has 3 aromatic rings. The third-order valence-corrected chi connectivity index (χ3v) is 6.21. The summed E-state index contributed by atoms with van der Waals surface area (Å²) in [6.45, 7) is 2.60. The van der Waals surface area contributed by atoms with Crippen molar-refractivity contribution < 1.29 is 33.8 Å². The molecule has 4 rings (SSSR count). The van der Waals surface area contributed by atoms with Gasteiger partial charge in [-0.25, -0.2) is 4.98 Å². The number of pyridine rings is 1. The van der Waals surface area contributed by atoms with Gasteiger partial charge in [0.05, 0.1) is 36.9 Å². The molecule has 1 aliphatic rings. The maximum absolute atomic E-state index is 13.1. The standard InChI is InChI=1S/C27H31N5O8/c1-18(34)31-17-22(21-4-2-3-5-23(21)31)19-14-24(40-26(15-19)39-13-12-38-11-10-33)27(35)29-9-8-28-25-7-6-20(16-30-25)32(36)37/h2-7,14,16-17,19,26,33H,8-13,15H2,1H3,(H,28,30)(H,29,35)/t19-,26+/m0/s1. The molecule has 0 saturated carbocycles. The van der Waals surface area contributed by atoms with Gasteiger partial charge in [-0.15, -0.1) is 0 Å². The van der Waals surface area contributed by atoms with E-state index < -0.39 is 17.1 Å². The van der Waals surface area contributed by atoms with Crippen molar-refractivity contribution in [1.29, 1.82) is 0 Å². The Labute approximate surface area is 229 Å². The molecule has 0 fully saturated rings. The van der Waals surface area contributed by atoms with Crippen LogP contribution >= 0.6 is 0 Å². The van der Waals surface area contributed by atoms with Crippen LogP contribution < -0.4 is 10.6 Å². The van der Waals surface area contributed by atoms with Crippen molar-refractivity contribution in [2.75, 3.05) is 44.8 Å². The summed E-state index contributed by atoms with van der Waals surface area (Å²) in [4.78, 5) is 39.6. The summed E-state index contributed by atoms with van der Waals surface area (Å²) in [6.07, 6.45) is 4.35. The Kier molecular flexibility index (Phi) is 9.78. The zero-order chi connectivity index (χ0) is 28.5. The number of nitrogens with one attached hydrogen (secondary N) is 2. The molecule has 0 saturated heterocycles. The molecule has 1 aliphatic heterocycles. The summed E-state index contributed by atoms with van der Waals surface area (Å²) in [7, 11) is 0. The SMILES string of the molecule is CC(=O)n1cc([C@H]2C=C(C(=O)NCCNc3ccc([N+](=O)[O-])cn3)O[C@@H](OCCOCCO)C2)c2ccccc21. The fraction of sp³-hybridized carbons (Fsp3) is 0.370. The minimum Gasteiger partial charge on any atom is -0.459 e. The van der Waals surface area contributed by atoms with Crippen molar-refractivity contribution in [3.63, 3.8) is 0 Å². The number of rotatable bonds is 13. The van der Waals surface area contributed by atoms with Crippen LogP contribution in [0.3, 0.4) is 0 Å². The highest BCUT2D eigenvalue weighted by Gasteiger charge is 2.30. The van der Waals surface area contributed by atoms with E-state index in [1.165, 1.54) is 19.1 Å². The topological polar surface area (TPSA) is 167 Å². The summed E-state index contributed by atoms with van der Waals surface area (Å²) in [6, 6.07) is 10.4. The summed E-state index contributed by atoms with van der Waals surface area (Å²) >= 11 is 0. The largest absolute Gasteiger partial charge is 0.459 e. The number of amides is 1. The highest BCUT2D eigenvalue weighted by atomic mass is 16.7. The lowest BCUT2D eigenvalue weighted by Gasteiger charge is -2.29. The predicted octanol–water partition coefficient (Wildman–Crippen LogP) is 2.57. The van der Waals surface area contributed by atoms with Gasteiger partial charge in [0.1, 0.15) is 12.0 Å². The number of para-hydroxylation sites is 1. The van der Waals surface area contributed by atoms with E-state index in [4.69, 9.17) is 19.3 Å². The second kappa shape index (κ2) is 13.6. The van der Waals surface area contributed by atoms with Crippen LogP contribution in [-0.4, -0.2) is 77.2 Å². The van der Waals surface area contributed by atoms with Crippen LogP contribution in [0.15, 0.2) is 60.6 Å². The van der Waals surface area contributed by atoms with Crippen molar-refractivity contribution in [1.82, 2.24) is 14.9 Å². The van der Waals surface area contributed by atoms with Crippen LogP contribution in [0.5, 0.6) is 0 Å². The zero-order valence-electron chi connectivity index (χ0n) is 21.9. The summed E-state index contributed by atoms with van der Waals surface area (Å²) in [5, 5.41) is 26.3. The number of anilines is 1. The van der Waals surface area contributed by atoms with Gasteiger partial charge in [-0.3, -0.25) is 24.3 Å². The minimum atomic E-state index is -0.740. The Morgan fingerprint density at radius 2 is 2.02 bits per heavy atom. The average Bonchev–Trinajstić information content (AvgIpc) is 3.35. The van der Waals surface area contributed by atoms with Crippen molar-refractivity contribution in [3.05, 3.63) is 76.3 Å². The number of nitro groups is 1. The quantitative estimate of drug-likeness (QED) is 0.163. The van der Waals surface area contributed by atoms with E-state index in [9.17, 15) is 19.7 Å². The van der Waals surface area contributed by atoms with Crippen LogP contribution in [0.1, 0.15) is 29.6 Å². The van der Waals surface area contributed by atoms with E-state index in [0.717, 1.165) is 22.7 Å². The number of allylic oxidation sites excluding steroid dienone is 1. The number of fused-ring (bicyclic) bond motifs is 1. The molecular formula is C27H31N5O8. The Hall–Kier alpha value is -4.33. The van der Waals surface area contributed by atoms with E-state index >= 15 is 0 Å². The van der Waals surface area contributed by atoms with E-state index in [-0.39, 0.29) is 56.2 Å². The molecule has 0 spiro atoms. The van der Waals surface area contributed by atoms with Gasteiger partial charge in [-0.05, 0) is 23.8 Å². The first-order chi connectivity index (χ1) is 19.4. The number of benzene rings is 1. The monoisotopic (exact) mass is 553 g/mol. The lowest BCUT2D eigenvalue weighted by atomic mass is 9.92. The van der Waals surface area contributed by atoms with E-state index in [2.05, 4.69) is 15.6 Å². The Balaban J connectivity index is 1.45. The number of aliphatic hydroxyl groups is 1. The molecule has 3 N–H and O–H groups in total. The Morgan fingerprint density at radius 1 is 1.20 bits per heavy atom. The summed E-state index contributed by atoms with van der Waals surface area (Å²) in [5.74, 6) is -0.313. The number of carbonyl (C=O) groups is 2. The van der Waals surface area contributed by atoms with E-state index in [0.29, 0.717) is 18.8 Å². The van der Waals surface area contributed by atoms with Crippen LogP contribution in [-0.2, 0) is 19.0 Å². The number of ether oxygens (including phenoxy) is 3. The number of aromatic nitrogens is 2. The van der Waals surface area contributed by atoms with Crippen molar-refractivity contribution in [3.8, 4) is 0 Å². The normalized spacial score (nSPS) is 16.7. The third kappa shape index (κ3) is 7.20. The van der Waals surface area contributed by atoms with Gasteiger partial charge in [0, 0.05) is 50.0 Å². The number of hydrogen-bond acceptors (Lipinski definition) is 10. The fourth-order valence-corrected chi connectivity index (χ4v) is 4.35. The average molecular weight is 554 g/mol. The third-order valence-electron chi connectivity index (χ3n) is 6.21. The molecular weight excluding hydrogens is 522 g/mol. The van der Waals surface area contributed by atoms with Crippen LogP contribution in [0.25, 0.3) is 10.9 Å². The van der Waals surface area contributed by atoms with Gasteiger partial charge in [0.15, 0.2) is 5.76 Å². The van der Waals surface area contributed by atoms with E-state index in [1.807, 2.05) is 24.3 Å². The molecule has 0 radical (unpaired) electrons. The molecule has 1 aromatic carbocycles. The smallest absolute Gasteiger partial charge is 0.287 e. The molecule has 13 nitrogen and oxygen atoms in total. The first-order valence-corrected chi connectivity index (χ1v) is 12.8. The molecule has 0 bridgehead atoms. The van der Waals surface area contributed by atoms with E-state index in [1.54, 1.807) is 16.8 Å². The molecule has 3 heterocycles. The fourth-order valence-electron chi connectivity index (χ4n) is 4.35. The first-order valence-electron chi connectivity index (χ1n) is 12.8. The lowest BCUT2D eigenvalue weighted by Crippen LogP contribution is -2.35. The van der Waals surface area contributed by atoms with Crippen molar-refractivity contribution in [2.45, 2.75) is 25.6 Å². The zero-order valence-corrected chi connectivity index (χ0v) is 21.9.